The molecule has 0 saturated carbocycles. The Kier molecular flexibility index (Phi) is 5.02. The van der Waals surface area contributed by atoms with Crippen molar-refractivity contribution in [3.63, 3.8) is 0 Å². The minimum Gasteiger partial charge on any atom is -0.455 e. The summed E-state index contributed by atoms with van der Waals surface area (Å²) in [5, 5.41) is 9.37. The van der Waals surface area contributed by atoms with Gasteiger partial charge in [-0.15, -0.1) is 0 Å². The molecule has 6 heterocycles. The summed E-state index contributed by atoms with van der Waals surface area (Å²) in [5.74, 6) is 0. The summed E-state index contributed by atoms with van der Waals surface area (Å²) in [4.78, 5) is 0. The molecule has 54 heavy (non-hydrogen) atoms. The van der Waals surface area contributed by atoms with Gasteiger partial charge in [-0.3, -0.25) is 0 Å². The van der Waals surface area contributed by atoms with Crippen molar-refractivity contribution in [3.8, 4) is 11.4 Å². The van der Waals surface area contributed by atoms with Crippen LogP contribution in [0.25, 0.3) is 120 Å². The Morgan fingerprint density at radius 1 is 0.315 bits per heavy atom. The van der Waals surface area contributed by atoms with E-state index in [9.17, 15) is 0 Å². The van der Waals surface area contributed by atoms with E-state index in [4.69, 9.17) is 17.7 Å². The van der Waals surface area contributed by atoms with Crippen LogP contribution in [-0.2, 0) is 0 Å². The molecule has 0 aliphatic rings. The molecule has 0 bridgehead atoms. The molecule has 6 aromatic heterocycles. The van der Waals surface area contributed by atoms with Gasteiger partial charge in [-0.25, -0.2) is 0 Å². The van der Waals surface area contributed by atoms with Crippen LogP contribution in [0.2, 0.25) is 0 Å². The Morgan fingerprint density at radius 2 is 0.667 bits per heavy atom. The highest BCUT2D eigenvalue weighted by molar-refractivity contribution is 7.64. The first-order valence-corrected chi connectivity index (χ1v) is 20.7. The highest BCUT2D eigenvalue weighted by atomic mass is 31.1. The lowest BCUT2D eigenvalue weighted by Crippen LogP contribution is -2.04. The molecule has 0 amide bonds. The quantitative estimate of drug-likeness (QED) is 0.131. The van der Waals surface area contributed by atoms with Gasteiger partial charge in [0.1, 0.15) is 44.7 Å². The lowest BCUT2D eigenvalue weighted by Gasteiger charge is -2.25. The van der Waals surface area contributed by atoms with Gasteiger partial charge in [-0.05, 0) is 84.9 Å². The van der Waals surface area contributed by atoms with Gasteiger partial charge in [0.05, 0.1) is 52.8 Å². The molecule has 0 spiro atoms. The zero-order valence-electron chi connectivity index (χ0n) is 28.3. The first-order chi connectivity index (χ1) is 26.8. The first-order valence-electron chi connectivity index (χ1n) is 18.0. The van der Waals surface area contributed by atoms with Crippen molar-refractivity contribution < 1.29 is 17.7 Å². The highest BCUT2D eigenvalue weighted by Gasteiger charge is 2.28. The molecule has 14 rings (SSSR count). The predicted octanol–water partition coefficient (Wildman–Crippen LogP) is 14.9. The summed E-state index contributed by atoms with van der Waals surface area (Å²) in [6.45, 7) is 0. The Balaban J connectivity index is 1.37. The topological polar surface area (TPSA) is 62.4 Å². The zero-order valence-corrected chi connectivity index (χ0v) is 30.1. The standard InChI is InChI=1S/C46H24N2O4P2/c1-3-11-25(12-4-1)47-29-15-7-17-31-41(29)53-43-33(49-31)19-9-21-35(43)51-37-24-28-27(39(47)45(37)53)23-38-46-40(28)48(26-13-5-2-6-14-26)30-16-8-18-32-42(30)54(46)44-34(50-32)20-10-22-36(44)52-38/h1-24H. The number of rotatable bonds is 2. The largest absolute Gasteiger partial charge is 0.455 e. The summed E-state index contributed by atoms with van der Waals surface area (Å²) in [6, 6.07) is 51.4. The molecular formula is C46H24N2O4P2. The Hall–Kier alpha value is -6.58. The maximum absolute atomic E-state index is 7.07. The third-order valence-electron chi connectivity index (χ3n) is 11.3. The van der Waals surface area contributed by atoms with Crippen LogP contribution in [0.1, 0.15) is 0 Å². The van der Waals surface area contributed by atoms with Crippen LogP contribution in [0.4, 0.5) is 0 Å². The fraction of sp³-hybridized carbons (Fsp3) is 0. The number of fused-ring (bicyclic) bond motifs is 3. The Morgan fingerprint density at radius 3 is 1.07 bits per heavy atom. The van der Waals surface area contributed by atoms with Gasteiger partial charge in [-0.2, -0.15) is 0 Å². The number of hydrogen-bond donors (Lipinski definition) is 0. The number of aromatic nitrogens is 2. The molecule has 6 nitrogen and oxygen atoms in total. The van der Waals surface area contributed by atoms with Crippen LogP contribution in [-0.4, -0.2) is 9.13 Å². The molecule has 0 aliphatic heterocycles. The highest BCUT2D eigenvalue weighted by Crippen LogP contribution is 2.60. The molecule has 14 aromatic rings. The summed E-state index contributed by atoms with van der Waals surface area (Å²) >= 11 is 0. The van der Waals surface area contributed by atoms with Crippen molar-refractivity contribution in [2.75, 3.05) is 0 Å². The van der Waals surface area contributed by atoms with Crippen molar-refractivity contribution in [1.82, 2.24) is 9.13 Å². The SMILES string of the molecule is c1ccc(-n2c3cccc4oc5cccc6oc7cc8c(cc9oc%10cccc%11oc%12cccc%13c%12p(c%11%10)c9c8n%13-c8ccccc8)c2c7p(c56)c43)cc1. The lowest BCUT2D eigenvalue weighted by molar-refractivity contribution is 0.650. The third kappa shape index (κ3) is 3.28. The monoisotopic (exact) mass is 730 g/mol. The van der Waals surface area contributed by atoms with Crippen LogP contribution in [0.15, 0.2) is 163 Å². The van der Waals surface area contributed by atoms with Crippen LogP contribution in [0, 0.1) is 0 Å². The van der Waals surface area contributed by atoms with E-state index in [0.29, 0.717) is 0 Å². The minimum absolute atomic E-state index is 0.863. The molecule has 2 atom stereocenters. The van der Waals surface area contributed by atoms with Crippen LogP contribution in [0.5, 0.6) is 0 Å². The molecular weight excluding hydrogens is 706 g/mol. The molecule has 2 unspecified atom stereocenters. The molecule has 0 saturated heterocycles. The van der Waals surface area contributed by atoms with E-state index in [-0.39, 0.29) is 0 Å². The van der Waals surface area contributed by atoms with E-state index in [2.05, 4.69) is 143 Å². The van der Waals surface area contributed by atoms with E-state index in [1.807, 2.05) is 12.1 Å². The van der Waals surface area contributed by atoms with Crippen molar-refractivity contribution in [2.24, 2.45) is 0 Å². The molecule has 0 N–H and O–H groups in total. The number of nitrogens with zero attached hydrogens (tertiary/aromatic N) is 2. The Labute approximate surface area is 305 Å². The van der Waals surface area contributed by atoms with E-state index in [1.165, 1.54) is 20.5 Å². The number of benzene rings is 8. The lowest BCUT2D eigenvalue weighted by atomic mass is 10.1. The zero-order chi connectivity index (χ0) is 34.8. The molecule has 8 heteroatoms. The van der Waals surface area contributed by atoms with Crippen LogP contribution >= 0.6 is 14.7 Å². The summed E-state index contributed by atoms with van der Waals surface area (Å²) < 4.78 is 32.3. The average Bonchev–Trinajstić information content (AvgIpc) is 3.22. The summed E-state index contributed by atoms with van der Waals surface area (Å²) in [5.41, 5.74) is 13.7. The van der Waals surface area contributed by atoms with Crippen molar-refractivity contribution in [2.45, 2.75) is 0 Å². The summed E-state index contributed by atoms with van der Waals surface area (Å²) in [7, 11) is -2.02. The van der Waals surface area contributed by atoms with Crippen LogP contribution in [0.3, 0.4) is 0 Å². The molecule has 8 aromatic carbocycles. The number of hydrogen-bond acceptors (Lipinski definition) is 4. The second-order valence-electron chi connectivity index (χ2n) is 14.1. The fourth-order valence-electron chi connectivity index (χ4n) is 9.32. The van der Waals surface area contributed by atoms with Gasteiger partial charge < -0.3 is 26.8 Å². The third-order valence-corrected chi connectivity index (χ3v) is 16.7. The minimum atomic E-state index is -1.01. The van der Waals surface area contributed by atoms with Gasteiger partial charge in [0.15, 0.2) is 0 Å². The van der Waals surface area contributed by atoms with E-state index >= 15 is 0 Å². The Bertz CT molecular complexity index is 3640. The molecule has 0 fully saturated rings. The normalized spacial score (nSPS) is 13.5. The molecule has 0 aliphatic carbocycles. The maximum atomic E-state index is 7.07. The van der Waals surface area contributed by atoms with Gasteiger partial charge in [0.2, 0.25) is 0 Å². The van der Waals surface area contributed by atoms with E-state index in [0.717, 1.165) is 99.1 Å². The van der Waals surface area contributed by atoms with E-state index < -0.39 is 14.7 Å². The summed E-state index contributed by atoms with van der Waals surface area (Å²) in [6.07, 6.45) is 0. The number of para-hydroxylation sites is 2. The van der Waals surface area contributed by atoms with Gasteiger partial charge >= 0.3 is 0 Å². The van der Waals surface area contributed by atoms with Crippen LogP contribution < -0.4 is 0 Å². The van der Waals surface area contributed by atoms with E-state index in [1.54, 1.807) is 0 Å². The second kappa shape index (κ2) is 9.69. The second-order valence-corrected chi connectivity index (χ2v) is 18.1. The molecule has 252 valence electrons. The van der Waals surface area contributed by atoms with Crippen molar-refractivity contribution in [3.05, 3.63) is 146 Å². The van der Waals surface area contributed by atoms with Gasteiger partial charge in [0, 0.05) is 22.1 Å². The average molecular weight is 731 g/mol. The fourth-order valence-corrected chi connectivity index (χ4v) is 15.0. The maximum Gasteiger partial charge on any atom is 0.142 e. The molecule has 0 radical (unpaired) electrons. The van der Waals surface area contributed by atoms with Gasteiger partial charge in [-0.1, -0.05) is 75.3 Å². The smallest absolute Gasteiger partial charge is 0.142 e. The van der Waals surface area contributed by atoms with Crippen molar-refractivity contribution in [1.29, 1.82) is 0 Å². The van der Waals surface area contributed by atoms with Gasteiger partial charge in [0.25, 0.3) is 0 Å². The predicted molar refractivity (Wildman–Crippen MR) is 223 cm³/mol. The van der Waals surface area contributed by atoms with Crippen molar-refractivity contribution >= 4 is 123 Å². The first kappa shape index (κ1) is 28.0.